The molecule has 2 aromatic carbocycles. The number of methoxy groups -OCH3 is 2. The van der Waals surface area contributed by atoms with Crippen molar-refractivity contribution < 1.29 is 22.7 Å². The highest BCUT2D eigenvalue weighted by Gasteiger charge is 2.30. The lowest BCUT2D eigenvalue weighted by atomic mass is 10.1. The van der Waals surface area contributed by atoms with Crippen molar-refractivity contribution in [1.29, 1.82) is 0 Å². The Morgan fingerprint density at radius 2 is 1.73 bits per heavy atom. The first-order valence-electron chi connectivity index (χ1n) is 9.21. The zero-order valence-electron chi connectivity index (χ0n) is 16.7. The van der Waals surface area contributed by atoms with Gasteiger partial charge in [-0.3, -0.25) is 9.52 Å². The SMILES string of the molecule is COc1cc(OC)c(NS(=O)(=O)c2ccc(Cl)c(C(=O)N[C@@H](C)C3CC3)c2)cc1Cl. The number of sulfonamides is 1. The molecular formula is C20H22Cl2N2O5S. The Hall–Kier alpha value is -2.16. The number of hydrogen-bond donors (Lipinski definition) is 2. The summed E-state index contributed by atoms with van der Waals surface area (Å²) in [4.78, 5) is 12.5. The number of carbonyl (C=O) groups excluding carboxylic acids is 1. The predicted octanol–water partition coefficient (Wildman–Crippen LogP) is 4.34. The van der Waals surface area contributed by atoms with Crippen LogP contribution in [0.1, 0.15) is 30.1 Å². The van der Waals surface area contributed by atoms with Gasteiger partial charge in [0.25, 0.3) is 15.9 Å². The van der Waals surface area contributed by atoms with Crippen LogP contribution < -0.4 is 19.5 Å². The number of carbonyl (C=O) groups is 1. The summed E-state index contributed by atoms with van der Waals surface area (Å²) in [5.41, 5.74) is 0.221. The molecule has 1 atom stereocenters. The smallest absolute Gasteiger partial charge is 0.262 e. The Morgan fingerprint density at radius 3 is 2.33 bits per heavy atom. The first kappa shape index (κ1) is 22.5. The molecule has 162 valence electrons. The first-order chi connectivity index (χ1) is 14.2. The van der Waals surface area contributed by atoms with Crippen LogP contribution in [0.2, 0.25) is 10.0 Å². The molecule has 1 fully saturated rings. The molecule has 0 saturated heterocycles. The van der Waals surface area contributed by atoms with Gasteiger partial charge in [-0.05, 0) is 49.9 Å². The molecule has 1 aliphatic rings. The average molecular weight is 473 g/mol. The van der Waals surface area contributed by atoms with Crippen LogP contribution in [0.15, 0.2) is 35.2 Å². The number of ether oxygens (including phenoxy) is 2. The highest BCUT2D eigenvalue weighted by Crippen LogP contribution is 2.37. The summed E-state index contributed by atoms with van der Waals surface area (Å²) >= 11 is 12.3. The van der Waals surface area contributed by atoms with E-state index in [1.807, 2.05) is 6.92 Å². The molecule has 1 saturated carbocycles. The van der Waals surface area contributed by atoms with Gasteiger partial charge in [-0.1, -0.05) is 23.2 Å². The number of hydrogen-bond acceptors (Lipinski definition) is 5. The van der Waals surface area contributed by atoms with E-state index in [1.165, 1.54) is 44.6 Å². The van der Waals surface area contributed by atoms with Crippen LogP contribution >= 0.6 is 23.2 Å². The van der Waals surface area contributed by atoms with E-state index in [9.17, 15) is 13.2 Å². The molecule has 0 bridgehead atoms. The van der Waals surface area contributed by atoms with Gasteiger partial charge in [0.1, 0.15) is 11.5 Å². The van der Waals surface area contributed by atoms with Crippen LogP contribution in [-0.4, -0.2) is 34.6 Å². The maximum atomic E-state index is 12.9. The summed E-state index contributed by atoms with van der Waals surface area (Å²) in [6, 6.07) is 6.81. The molecule has 30 heavy (non-hydrogen) atoms. The molecule has 1 amide bonds. The Kier molecular flexibility index (Phi) is 6.69. The molecule has 0 radical (unpaired) electrons. The molecule has 2 aromatic rings. The van der Waals surface area contributed by atoms with Crippen LogP contribution in [0.5, 0.6) is 11.5 Å². The number of anilines is 1. The van der Waals surface area contributed by atoms with Gasteiger partial charge in [0.15, 0.2) is 0 Å². The van der Waals surface area contributed by atoms with Crippen molar-refractivity contribution in [3.05, 3.63) is 45.9 Å². The monoisotopic (exact) mass is 472 g/mol. The van der Waals surface area contributed by atoms with E-state index in [0.717, 1.165) is 12.8 Å². The van der Waals surface area contributed by atoms with E-state index in [2.05, 4.69) is 10.0 Å². The van der Waals surface area contributed by atoms with Crippen molar-refractivity contribution in [3.8, 4) is 11.5 Å². The Balaban J connectivity index is 1.89. The van der Waals surface area contributed by atoms with Crippen LogP contribution in [0.25, 0.3) is 0 Å². The largest absolute Gasteiger partial charge is 0.495 e. The Labute approximate surface area is 185 Å². The van der Waals surface area contributed by atoms with E-state index >= 15 is 0 Å². The predicted molar refractivity (Wildman–Crippen MR) is 116 cm³/mol. The summed E-state index contributed by atoms with van der Waals surface area (Å²) in [6.07, 6.45) is 2.14. The minimum absolute atomic E-state index is 0.00217. The fourth-order valence-corrected chi connectivity index (χ4v) is 4.52. The fraction of sp³-hybridized carbons (Fsp3) is 0.350. The van der Waals surface area contributed by atoms with Crippen molar-refractivity contribution in [2.75, 3.05) is 18.9 Å². The quantitative estimate of drug-likeness (QED) is 0.595. The number of rotatable bonds is 8. The number of benzene rings is 2. The van der Waals surface area contributed by atoms with E-state index in [0.29, 0.717) is 11.7 Å². The van der Waals surface area contributed by atoms with Crippen molar-refractivity contribution in [2.45, 2.75) is 30.7 Å². The van der Waals surface area contributed by atoms with Crippen LogP contribution in [0, 0.1) is 5.92 Å². The fourth-order valence-electron chi connectivity index (χ4n) is 2.99. The van der Waals surface area contributed by atoms with Crippen molar-refractivity contribution in [1.82, 2.24) is 5.32 Å². The summed E-state index contributed by atoms with van der Waals surface area (Å²) in [6.45, 7) is 1.92. The van der Waals surface area contributed by atoms with Gasteiger partial charge in [0, 0.05) is 12.1 Å². The minimum atomic E-state index is -4.06. The van der Waals surface area contributed by atoms with Crippen LogP contribution in [0.4, 0.5) is 5.69 Å². The number of halogens is 2. The molecular weight excluding hydrogens is 451 g/mol. The maximum Gasteiger partial charge on any atom is 0.262 e. The van der Waals surface area contributed by atoms with E-state index in [1.54, 1.807) is 0 Å². The number of nitrogens with one attached hydrogen (secondary N) is 2. The molecule has 0 aliphatic heterocycles. The molecule has 0 heterocycles. The summed E-state index contributed by atoms with van der Waals surface area (Å²) in [5.74, 6) is 0.604. The standard InChI is InChI=1S/C20H22Cl2N2O5S/c1-11(12-4-5-12)23-20(25)14-8-13(6-7-15(14)21)30(26,27)24-17-9-16(22)18(28-2)10-19(17)29-3/h6-12,24H,4-5H2,1-3H3,(H,23,25)/t11-/m0/s1. The highest BCUT2D eigenvalue weighted by molar-refractivity contribution is 7.92. The molecule has 10 heteroatoms. The second kappa shape index (κ2) is 8.91. The third kappa shape index (κ3) is 4.94. The van der Waals surface area contributed by atoms with Gasteiger partial charge in [0.05, 0.1) is 40.4 Å². The summed E-state index contributed by atoms with van der Waals surface area (Å²) in [5, 5.41) is 3.25. The zero-order valence-corrected chi connectivity index (χ0v) is 19.0. The van der Waals surface area contributed by atoms with Gasteiger partial charge < -0.3 is 14.8 Å². The third-order valence-corrected chi connectivity index (χ3v) is 6.89. The highest BCUT2D eigenvalue weighted by atomic mass is 35.5. The topological polar surface area (TPSA) is 93.7 Å². The van der Waals surface area contributed by atoms with E-state index in [-0.39, 0.29) is 38.0 Å². The van der Waals surface area contributed by atoms with Gasteiger partial charge in [-0.25, -0.2) is 8.42 Å². The van der Waals surface area contributed by atoms with Crippen molar-refractivity contribution in [2.24, 2.45) is 5.92 Å². The lowest BCUT2D eigenvalue weighted by molar-refractivity contribution is 0.0936. The van der Waals surface area contributed by atoms with Crippen LogP contribution in [0.3, 0.4) is 0 Å². The second-order valence-electron chi connectivity index (χ2n) is 7.03. The molecule has 0 unspecified atom stereocenters. The van der Waals surface area contributed by atoms with Crippen molar-refractivity contribution >= 4 is 44.8 Å². The van der Waals surface area contributed by atoms with Gasteiger partial charge in [0.2, 0.25) is 0 Å². The van der Waals surface area contributed by atoms with Crippen molar-refractivity contribution in [3.63, 3.8) is 0 Å². The molecule has 1 aliphatic carbocycles. The lowest BCUT2D eigenvalue weighted by Gasteiger charge is -2.16. The average Bonchev–Trinajstić information content (AvgIpc) is 3.53. The van der Waals surface area contributed by atoms with Gasteiger partial charge in [-0.15, -0.1) is 0 Å². The van der Waals surface area contributed by atoms with E-state index in [4.69, 9.17) is 32.7 Å². The number of amides is 1. The Bertz CT molecular complexity index is 1070. The molecule has 7 nitrogen and oxygen atoms in total. The maximum absolute atomic E-state index is 12.9. The summed E-state index contributed by atoms with van der Waals surface area (Å²) in [7, 11) is -1.22. The molecule has 0 spiro atoms. The first-order valence-corrected chi connectivity index (χ1v) is 11.4. The molecule has 3 rings (SSSR count). The third-order valence-electron chi connectivity index (χ3n) is 4.90. The Morgan fingerprint density at radius 1 is 1.07 bits per heavy atom. The normalized spacial score (nSPS) is 14.7. The second-order valence-corrected chi connectivity index (χ2v) is 9.53. The molecule has 0 aromatic heterocycles. The van der Waals surface area contributed by atoms with Gasteiger partial charge in [-0.2, -0.15) is 0 Å². The van der Waals surface area contributed by atoms with Crippen LogP contribution in [-0.2, 0) is 10.0 Å². The van der Waals surface area contributed by atoms with E-state index < -0.39 is 15.9 Å². The van der Waals surface area contributed by atoms with Gasteiger partial charge >= 0.3 is 0 Å². The molecule has 2 N–H and O–H groups in total. The zero-order chi connectivity index (χ0) is 22.1. The lowest BCUT2D eigenvalue weighted by Crippen LogP contribution is -2.34. The minimum Gasteiger partial charge on any atom is -0.495 e. The summed E-state index contributed by atoms with van der Waals surface area (Å²) < 4.78 is 38.7.